The van der Waals surface area contributed by atoms with Crippen LogP contribution in [0.5, 0.6) is 5.75 Å². The number of ether oxygens (including phenoxy) is 2. The zero-order valence-corrected chi connectivity index (χ0v) is 10.7. The fourth-order valence-electron chi connectivity index (χ4n) is 1.91. The van der Waals surface area contributed by atoms with E-state index in [2.05, 4.69) is 12.2 Å². The van der Waals surface area contributed by atoms with Crippen molar-refractivity contribution < 1.29 is 14.3 Å². The van der Waals surface area contributed by atoms with Gasteiger partial charge >= 0.3 is 0 Å². The van der Waals surface area contributed by atoms with Crippen molar-refractivity contribution in [2.24, 2.45) is 0 Å². The fourth-order valence-corrected chi connectivity index (χ4v) is 1.91. The zero-order chi connectivity index (χ0) is 12.8. The highest BCUT2D eigenvalue weighted by Crippen LogP contribution is 2.26. The summed E-state index contributed by atoms with van der Waals surface area (Å²) < 4.78 is 10.9. The van der Waals surface area contributed by atoms with Gasteiger partial charge in [-0.25, -0.2) is 0 Å². The first-order chi connectivity index (χ1) is 8.79. The lowest BCUT2D eigenvalue weighted by atomic mass is 10.0. The Balaban J connectivity index is 1.86. The first-order valence-electron chi connectivity index (χ1n) is 6.43. The second-order valence-electron chi connectivity index (χ2n) is 4.33. The van der Waals surface area contributed by atoms with Crippen LogP contribution < -0.4 is 10.1 Å². The molecule has 0 spiro atoms. The summed E-state index contributed by atoms with van der Waals surface area (Å²) >= 11 is 0. The molecule has 1 aliphatic heterocycles. The van der Waals surface area contributed by atoms with Crippen LogP contribution in [0.3, 0.4) is 0 Å². The van der Waals surface area contributed by atoms with E-state index in [-0.39, 0.29) is 5.91 Å². The minimum absolute atomic E-state index is 0.0749. The molecule has 0 aromatic heterocycles. The van der Waals surface area contributed by atoms with E-state index < -0.39 is 0 Å². The molecule has 0 saturated carbocycles. The molecule has 1 amide bonds. The minimum Gasteiger partial charge on any atom is -0.491 e. The van der Waals surface area contributed by atoms with Crippen molar-refractivity contribution in [2.45, 2.75) is 26.2 Å². The van der Waals surface area contributed by atoms with Crippen LogP contribution in [0.25, 0.3) is 0 Å². The highest BCUT2D eigenvalue weighted by Gasteiger charge is 2.14. The number of hydrogen-bond acceptors (Lipinski definition) is 3. The molecule has 0 bridgehead atoms. The predicted molar refractivity (Wildman–Crippen MR) is 70.0 cm³/mol. The largest absolute Gasteiger partial charge is 0.491 e. The zero-order valence-electron chi connectivity index (χ0n) is 10.7. The van der Waals surface area contributed by atoms with Gasteiger partial charge in [-0.1, -0.05) is 13.0 Å². The second-order valence-corrected chi connectivity index (χ2v) is 4.33. The summed E-state index contributed by atoms with van der Waals surface area (Å²) in [6, 6.07) is 5.83. The summed E-state index contributed by atoms with van der Waals surface area (Å²) in [5.41, 5.74) is 2.04. The van der Waals surface area contributed by atoms with Crippen LogP contribution in [0.2, 0.25) is 0 Å². The van der Waals surface area contributed by atoms with E-state index in [0.717, 1.165) is 30.9 Å². The summed E-state index contributed by atoms with van der Waals surface area (Å²) in [4.78, 5) is 11.3. The maximum Gasteiger partial charge on any atom is 0.224 e. The molecule has 1 aromatic rings. The number of carbonyl (C=O) groups excluding carboxylic acids is 1. The van der Waals surface area contributed by atoms with Gasteiger partial charge in [0, 0.05) is 24.8 Å². The van der Waals surface area contributed by atoms with Gasteiger partial charge in [0.05, 0.1) is 6.61 Å². The molecule has 4 nitrogen and oxygen atoms in total. The number of rotatable bonds is 6. The van der Waals surface area contributed by atoms with Crippen LogP contribution in [-0.2, 0) is 16.0 Å². The van der Waals surface area contributed by atoms with Gasteiger partial charge in [0.15, 0.2) is 0 Å². The number of fused-ring (bicyclic) bond motifs is 1. The number of carbonyl (C=O) groups is 1. The van der Waals surface area contributed by atoms with Gasteiger partial charge in [-0.2, -0.15) is 0 Å². The van der Waals surface area contributed by atoms with Crippen LogP contribution in [0, 0.1) is 0 Å². The third kappa shape index (κ3) is 3.47. The first-order valence-corrected chi connectivity index (χ1v) is 6.43. The number of hydrogen-bond donors (Lipinski definition) is 1. The third-order valence-corrected chi connectivity index (χ3v) is 2.82. The van der Waals surface area contributed by atoms with Gasteiger partial charge in [0.2, 0.25) is 5.91 Å². The van der Waals surface area contributed by atoms with Gasteiger partial charge in [0.1, 0.15) is 12.4 Å². The summed E-state index contributed by atoms with van der Waals surface area (Å²) in [5, 5.41) is 2.86. The van der Waals surface area contributed by atoms with Crippen LogP contribution in [-0.4, -0.2) is 25.7 Å². The lowest BCUT2D eigenvalue weighted by Gasteiger charge is -2.17. The van der Waals surface area contributed by atoms with Gasteiger partial charge < -0.3 is 14.8 Å². The normalized spacial score (nSPS) is 13.9. The van der Waals surface area contributed by atoms with Gasteiger partial charge in [-0.3, -0.25) is 4.79 Å². The molecule has 98 valence electrons. The molecule has 18 heavy (non-hydrogen) atoms. The van der Waals surface area contributed by atoms with Crippen molar-refractivity contribution in [3.05, 3.63) is 23.8 Å². The van der Waals surface area contributed by atoms with Crippen molar-refractivity contribution >= 4 is 11.6 Å². The highest BCUT2D eigenvalue weighted by molar-refractivity contribution is 5.94. The Labute approximate surface area is 107 Å². The van der Waals surface area contributed by atoms with E-state index >= 15 is 0 Å². The molecule has 0 aliphatic carbocycles. The number of aryl methyl sites for hydroxylation is 1. The van der Waals surface area contributed by atoms with Crippen LogP contribution in [0.4, 0.5) is 5.69 Å². The average Bonchev–Trinajstić information content (AvgIpc) is 2.38. The van der Waals surface area contributed by atoms with E-state index in [4.69, 9.17) is 9.47 Å². The summed E-state index contributed by atoms with van der Waals surface area (Å²) in [6.45, 7) is 3.97. The van der Waals surface area contributed by atoms with E-state index in [1.165, 1.54) is 5.56 Å². The molecule has 2 rings (SSSR count). The maximum atomic E-state index is 11.3. The summed E-state index contributed by atoms with van der Waals surface area (Å²) in [5.74, 6) is 0.849. The van der Waals surface area contributed by atoms with Crippen molar-refractivity contribution in [3.8, 4) is 5.75 Å². The monoisotopic (exact) mass is 249 g/mol. The Hall–Kier alpha value is -1.55. The molecule has 1 heterocycles. The molecule has 1 aliphatic rings. The number of amides is 1. The average molecular weight is 249 g/mol. The molecule has 0 unspecified atom stereocenters. The lowest BCUT2D eigenvalue weighted by Crippen LogP contribution is -2.19. The predicted octanol–water partition coefficient (Wildman–Crippen LogP) is 2.38. The number of benzene rings is 1. The molecule has 1 aromatic carbocycles. The Morgan fingerprint density at radius 3 is 2.94 bits per heavy atom. The van der Waals surface area contributed by atoms with E-state index in [1.807, 2.05) is 18.2 Å². The molecule has 0 fully saturated rings. The van der Waals surface area contributed by atoms with Crippen LogP contribution in [0.15, 0.2) is 18.2 Å². The van der Waals surface area contributed by atoms with Gasteiger partial charge in [-0.05, 0) is 24.5 Å². The molecular weight excluding hydrogens is 230 g/mol. The molecule has 0 atom stereocenters. The van der Waals surface area contributed by atoms with Gasteiger partial charge in [-0.15, -0.1) is 0 Å². The Kier molecular flexibility index (Phi) is 4.59. The molecule has 4 heteroatoms. The topological polar surface area (TPSA) is 47.6 Å². The van der Waals surface area contributed by atoms with E-state index in [0.29, 0.717) is 19.6 Å². The molecule has 1 N–H and O–H groups in total. The quantitative estimate of drug-likeness (QED) is 0.787. The fraction of sp³-hybridized carbons (Fsp3) is 0.500. The number of anilines is 1. The molecule has 0 saturated heterocycles. The van der Waals surface area contributed by atoms with Crippen molar-refractivity contribution in [2.75, 3.05) is 25.1 Å². The van der Waals surface area contributed by atoms with Crippen molar-refractivity contribution in [1.29, 1.82) is 0 Å². The van der Waals surface area contributed by atoms with Gasteiger partial charge in [0.25, 0.3) is 0 Å². The highest BCUT2D eigenvalue weighted by atomic mass is 16.5. The smallest absolute Gasteiger partial charge is 0.224 e. The standard InChI is InChI=1S/C14H19NO3/c1-2-7-17-8-9-18-12-5-3-11-4-6-14(16)15-13(11)10-12/h3,5,10H,2,4,6-9H2,1H3,(H,15,16). The van der Waals surface area contributed by atoms with Crippen molar-refractivity contribution in [1.82, 2.24) is 0 Å². The second kappa shape index (κ2) is 6.40. The van der Waals surface area contributed by atoms with Crippen molar-refractivity contribution in [3.63, 3.8) is 0 Å². The SMILES string of the molecule is CCCOCCOc1ccc2c(c1)NC(=O)CC2. The Morgan fingerprint density at radius 2 is 2.11 bits per heavy atom. The van der Waals surface area contributed by atoms with E-state index in [9.17, 15) is 4.79 Å². The van der Waals surface area contributed by atoms with Crippen LogP contribution >= 0.6 is 0 Å². The minimum atomic E-state index is 0.0749. The summed E-state index contributed by atoms with van der Waals surface area (Å²) in [7, 11) is 0. The van der Waals surface area contributed by atoms with Crippen LogP contribution in [0.1, 0.15) is 25.3 Å². The molecular formula is C14H19NO3. The Morgan fingerprint density at radius 1 is 1.22 bits per heavy atom. The Bertz CT molecular complexity index is 418. The number of nitrogens with one attached hydrogen (secondary N) is 1. The maximum absolute atomic E-state index is 11.3. The lowest BCUT2D eigenvalue weighted by molar-refractivity contribution is -0.116. The molecule has 0 radical (unpaired) electrons. The first kappa shape index (κ1) is 12.9. The van der Waals surface area contributed by atoms with E-state index in [1.54, 1.807) is 0 Å². The third-order valence-electron chi connectivity index (χ3n) is 2.82. The summed E-state index contributed by atoms with van der Waals surface area (Å²) in [6.07, 6.45) is 2.39.